The van der Waals surface area contributed by atoms with Gasteiger partial charge in [-0.1, -0.05) is 17.7 Å². The molecule has 3 aromatic heterocycles. The lowest BCUT2D eigenvalue weighted by Crippen LogP contribution is -2.34. The number of hydrogen-bond acceptors (Lipinski definition) is 5. The van der Waals surface area contributed by atoms with E-state index in [1.165, 1.54) is 0 Å². The van der Waals surface area contributed by atoms with Crippen molar-refractivity contribution in [3.05, 3.63) is 39.9 Å². The van der Waals surface area contributed by atoms with Crippen LogP contribution in [0.3, 0.4) is 0 Å². The van der Waals surface area contributed by atoms with Crippen molar-refractivity contribution in [1.82, 2.24) is 29.6 Å². The zero-order valence-electron chi connectivity index (χ0n) is 17.5. The number of hydrogen-bond donors (Lipinski definition) is 2. The lowest BCUT2D eigenvalue weighted by molar-refractivity contribution is 0.668. The first-order valence-electron chi connectivity index (χ1n) is 10.3. The van der Waals surface area contributed by atoms with Crippen LogP contribution < -0.4 is 15.8 Å². The molecule has 4 aromatic rings. The summed E-state index contributed by atoms with van der Waals surface area (Å²) in [6.45, 7) is 6.36. The first kappa shape index (κ1) is 21.7. The van der Waals surface area contributed by atoms with Crippen LogP contribution in [0.2, 0.25) is 5.02 Å². The van der Waals surface area contributed by atoms with Gasteiger partial charge >= 0.3 is 0 Å². The van der Waals surface area contributed by atoms with E-state index in [9.17, 15) is 4.79 Å². The molecule has 5 rings (SSSR count). The van der Waals surface area contributed by atoms with Crippen LogP contribution in [0.25, 0.3) is 33.1 Å². The molecule has 1 aromatic carbocycles. The second-order valence-electron chi connectivity index (χ2n) is 7.64. The topological polar surface area (TPSA) is 83.8 Å². The zero-order chi connectivity index (χ0) is 20.8. The Kier molecular flexibility index (Phi) is 5.96. The summed E-state index contributed by atoms with van der Waals surface area (Å²) in [5.41, 5.74) is 2.91. The molecule has 164 valence electrons. The molecule has 0 saturated carbocycles. The number of H-pyrrole nitrogens is 1. The average Bonchev–Trinajstić information content (AvgIpc) is 3.27. The molecule has 4 heterocycles. The van der Waals surface area contributed by atoms with Crippen molar-refractivity contribution in [1.29, 1.82) is 0 Å². The van der Waals surface area contributed by atoms with Gasteiger partial charge in [-0.05, 0) is 26.0 Å². The van der Waals surface area contributed by atoms with Gasteiger partial charge in [0, 0.05) is 62.1 Å². The first-order chi connectivity index (χ1) is 14.6. The number of nitrogens with one attached hydrogen (secondary N) is 2. The van der Waals surface area contributed by atoms with Gasteiger partial charge in [-0.3, -0.25) is 14.0 Å². The highest BCUT2D eigenvalue weighted by molar-refractivity contribution is 6.38. The van der Waals surface area contributed by atoms with Crippen LogP contribution in [0.1, 0.15) is 13.3 Å². The van der Waals surface area contributed by atoms with Crippen molar-refractivity contribution in [2.45, 2.75) is 19.9 Å². The van der Waals surface area contributed by atoms with Crippen molar-refractivity contribution >= 4 is 51.9 Å². The molecule has 31 heavy (non-hydrogen) atoms. The SMILES string of the molecule is CCn1cc2c(Cl)c(-c3c[nH]c4nc(N5CCCNCC5)n(C)c(=O)c34)ccc2n1.Cl. The third-order valence-electron chi connectivity index (χ3n) is 5.80. The van der Waals surface area contributed by atoms with E-state index in [1.807, 2.05) is 36.1 Å². The Bertz CT molecular complexity index is 1300. The minimum atomic E-state index is -0.0797. The molecule has 8 nitrogen and oxygen atoms in total. The van der Waals surface area contributed by atoms with Gasteiger partial charge in [0.1, 0.15) is 5.65 Å². The third kappa shape index (κ3) is 3.58. The number of halogens is 2. The highest BCUT2D eigenvalue weighted by atomic mass is 35.5. The van der Waals surface area contributed by atoms with E-state index in [0.717, 1.165) is 61.2 Å². The Morgan fingerprint density at radius 2 is 2.03 bits per heavy atom. The van der Waals surface area contributed by atoms with Crippen LogP contribution in [0, 0.1) is 0 Å². The van der Waals surface area contributed by atoms with E-state index < -0.39 is 0 Å². The number of fused-ring (bicyclic) bond motifs is 2. The third-order valence-corrected chi connectivity index (χ3v) is 6.21. The molecule has 0 spiro atoms. The lowest BCUT2D eigenvalue weighted by atomic mass is 10.0. The summed E-state index contributed by atoms with van der Waals surface area (Å²) < 4.78 is 3.50. The fourth-order valence-electron chi connectivity index (χ4n) is 4.17. The fraction of sp³-hybridized carbons (Fsp3) is 0.381. The molecule has 0 unspecified atom stereocenters. The molecule has 0 bridgehead atoms. The highest BCUT2D eigenvalue weighted by Crippen LogP contribution is 2.36. The van der Waals surface area contributed by atoms with Crippen molar-refractivity contribution in [2.75, 3.05) is 31.1 Å². The Labute approximate surface area is 190 Å². The molecule has 2 N–H and O–H groups in total. The van der Waals surface area contributed by atoms with Gasteiger partial charge in [0.05, 0.1) is 15.9 Å². The van der Waals surface area contributed by atoms with E-state index in [-0.39, 0.29) is 18.0 Å². The number of aryl methyl sites for hydroxylation is 1. The number of aromatic amines is 1. The van der Waals surface area contributed by atoms with Crippen LogP contribution in [0.4, 0.5) is 5.95 Å². The smallest absolute Gasteiger partial charge is 0.264 e. The highest BCUT2D eigenvalue weighted by Gasteiger charge is 2.21. The minimum Gasteiger partial charge on any atom is -0.345 e. The van der Waals surface area contributed by atoms with E-state index in [1.54, 1.807) is 11.6 Å². The molecular weight excluding hydrogens is 437 g/mol. The summed E-state index contributed by atoms with van der Waals surface area (Å²) in [7, 11) is 1.79. The molecular formula is C21H25Cl2N7O. The maximum atomic E-state index is 13.4. The summed E-state index contributed by atoms with van der Waals surface area (Å²) in [6, 6.07) is 3.87. The van der Waals surface area contributed by atoms with E-state index in [0.29, 0.717) is 22.0 Å². The summed E-state index contributed by atoms with van der Waals surface area (Å²) >= 11 is 6.76. The molecule has 0 amide bonds. The zero-order valence-corrected chi connectivity index (χ0v) is 19.1. The molecule has 0 atom stereocenters. The molecule has 0 radical (unpaired) electrons. The molecule has 0 aliphatic carbocycles. The second kappa shape index (κ2) is 8.53. The second-order valence-corrected chi connectivity index (χ2v) is 8.02. The Morgan fingerprint density at radius 1 is 1.19 bits per heavy atom. The summed E-state index contributed by atoms with van der Waals surface area (Å²) in [6.07, 6.45) is 4.78. The summed E-state index contributed by atoms with van der Waals surface area (Å²) in [4.78, 5) is 23.5. The quantitative estimate of drug-likeness (QED) is 0.489. The molecule has 1 aliphatic rings. The molecule has 1 saturated heterocycles. The monoisotopic (exact) mass is 461 g/mol. The summed E-state index contributed by atoms with van der Waals surface area (Å²) in [5, 5.41) is 9.93. The van der Waals surface area contributed by atoms with Crippen molar-refractivity contribution in [3.63, 3.8) is 0 Å². The molecule has 1 fully saturated rings. The number of rotatable bonds is 3. The van der Waals surface area contributed by atoms with Gasteiger partial charge < -0.3 is 15.2 Å². The van der Waals surface area contributed by atoms with Crippen molar-refractivity contribution in [3.8, 4) is 11.1 Å². The van der Waals surface area contributed by atoms with E-state index in [2.05, 4.69) is 20.3 Å². The van der Waals surface area contributed by atoms with Crippen LogP contribution in [-0.4, -0.2) is 50.5 Å². The Morgan fingerprint density at radius 3 is 2.84 bits per heavy atom. The van der Waals surface area contributed by atoms with Crippen molar-refractivity contribution < 1.29 is 0 Å². The fourth-order valence-corrected chi connectivity index (χ4v) is 4.48. The van der Waals surface area contributed by atoms with Gasteiger partial charge in [0.25, 0.3) is 5.56 Å². The van der Waals surface area contributed by atoms with Crippen LogP contribution in [0.15, 0.2) is 29.3 Å². The number of aromatic nitrogens is 5. The van der Waals surface area contributed by atoms with E-state index >= 15 is 0 Å². The number of anilines is 1. The standard InChI is InChI=1S/C21H24ClN7O.ClH/c1-3-29-12-15-16(26-29)6-5-13(18(15)22)14-11-24-19-17(14)20(30)27(2)21(25-19)28-9-4-7-23-8-10-28;/h5-6,11-12,23-24H,3-4,7-10H2,1-2H3;1H. The predicted octanol–water partition coefficient (Wildman–Crippen LogP) is 3.17. The van der Waals surface area contributed by atoms with E-state index in [4.69, 9.17) is 16.6 Å². The van der Waals surface area contributed by atoms with Gasteiger partial charge in [-0.15, -0.1) is 12.4 Å². The minimum absolute atomic E-state index is 0. The predicted molar refractivity (Wildman–Crippen MR) is 128 cm³/mol. The number of nitrogens with zero attached hydrogens (tertiary/aromatic N) is 5. The van der Waals surface area contributed by atoms with Crippen LogP contribution in [0.5, 0.6) is 0 Å². The lowest BCUT2D eigenvalue weighted by Gasteiger charge is -2.23. The maximum Gasteiger partial charge on any atom is 0.264 e. The van der Waals surface area contributed by atoms with Gasteiger partial charge in [-0.2, -0.15) is 10.1 Å². The van der Waals surface area contributed by atoms with Gasteiger partial charge in [0.15, 0.2) is 0 Å². The molecule has 10 heteroatoms. The maximum absolute atomic E-state index is 13.4. The average molecular weight is 462 g/mol. The summed E-state index contributed by atoms with van der Waals surface area (Å²) in [5.74, 6) is 0.690. The first-order valence-corrected chi connectivity index (χ1v) is 10.7. The van der Waals surface area contributed by atoms with Crippen molar-refractivity contribution in [2.24, 2.45) is 7.05 Å². The van der Waals surface area contributed by atoms with Crippen LogP contribution in [-0.2, 0) is 13.6 Å². The number of benzene rings is 1. The van der Waals surface area contributed by atoms with Gasteiger partial charge in [-0.25, -0.2) is 0 Å². The largest absolute Gasteiger partial charge is 0.345 e. The van der Waals surface area contributed by atoms with Crippen LogP contribution >= 0.6 is 24.0 Å². The Hall–Kier alpha value is -2.55. The van der Waals surface area contributed by atoms with Gasteiger partial charge in [0.2, 0.25) is 5.95 Å². The normalized spacial score (nSPS) is 14.7. The Balaban J connectivity index is 0.00000231. The molecule has 1 aliphatic heterocycles.